The number of carbonyl (C=O) groups excluding carboxylic acids is 1. The van der Waals surface area contributed by atoms with Crippen LogP contribution in [0.5, 0.6) is 0 Å². The maximum Gasteiger partial charge on any atom is 0.408 e. The maximum atomic E-state index is 12.6. The zero-order chi connectivity index (χ0) is 21.6. The molecular formula is C26H25NO4. The predicted molar refractivity (Wildman–Crippen MR) is 118 cm³/mol. The summed E-state index contributed by atoms with van der Waals surface area (Å²) in [7, 11) is 0. The van der Waals surface area contributed by atoms with Gasteiger partial charge in [-0.25, -0.2) is 9.59 Å². The third-order valence-electron chi connectivity index (χ3n) is 5.71. The van der Waals surface area contributed by atoms with Crippen LogP contribution in [0.25, 0.3) is 11.1 Å². The number of carboxylic acid groups (broad SMARTS) is 1. The van der Waals surface area contributed by atoms with Crippen molar-refractivity contribution in [2.24, 2.45) is 5.92 Å². The molecule has 0 bridgehead atoms. The summed E-state index contributed by atoms with van der Waals surface area (Å²) in [6, 6.07) is 27.1. The Bertz CT molecular complexity index is 1020. The van der Waals surface area contributed by atoms with Gasteiger partial charge in [0, 0.05) is 6.54 Å². The molecular weight excluding hydrogens is 390 g/mol. The first-order valence-corrected chi connectivity index (χ1v) is 10.4. The minimum atomic E-state index is -1.08. The van der Waals surface area contributed by atoms with E-state index in [0.29, 0.717) is 13.0 Å². The number of benzene rings is 3. The fourth-order valence-corrected chi connectivity index (χ4v) is 4.13. The van der Waals surface area contributed by atoms with Crippen molar-refractivity contribution < 1.29 is 19.4 Å². The van der Waals surface area contributed by atoms with E-state index in [1.165, 1.54) is 4.90 Å². The van der Waals surface area contributed by atoms with E-state index in [1.807, 2.05) is 48.5 Å². The second-order valence-corrected chi connectivity index (χ2v) is 7.91. The molecule has 1 fully saturated rings. The normalized spacial score (nSPS) is 18.0. The number of rotatable bonds is 6. The van der Waals surface area contributed by atoms with Crippen molar-refractivity contribution in [1.82, 2.24) is 4.90 Å². The second-order valence-electron chi connectivity index (χ2n) is 7.91. The summed E-state index contributed by atoms with van der Waals surface area (Å²) in [6.45, 7) is 0.482. The van der Waals surface area contributed by atoms with Gasteiger partial charge in [0.25, 0.3) is 0 Å². The number of ether oxygens (including phenoxy) is 1. The van der Waals surface area contributed by atoms with Crippen molar-refractivity contribution in [2.45, 2.75) is 25.5 Å². The number of amides is 1. The number of hydrogen-bond acceptors (Lipinski definition) is 3. The summed E-state index contributed by atoms with van der Waals surface area (Å²) >= 11 is 0. The molecule has 0 saturated carbocycles. The van der Waals surface area contributed by atoms with E-state index in [4.69, 9.17) is 4.74 Å². The van der Waals surface area contributed by atoms with Crippen molar-refractivity contribution in [2.75, 3.05) is 6.54 Å². The first-order valence-electron chi connectivity index (χ1n) is 10.4. The van der Waals surface area contributed by atoms with Crippen LogP contribution < -0.4 is 0 Å². The van der Waals surface area contributed by atoms with Gasteiger partial charge >= 0.3 is 12.1 Å². The van der Waals surface area contributed by atoms with E-state index < -0.39 is 18.1 Å². The molecule has 1 amide bonds. The number of carbonyl (C=O) groups is 2. The van der Waals surface area contributed by atoms with E-state index in [0.717, 1.165) is 28.7 Å². The summed E-state index contributed by atoms with van der Waals surface area (Å²) in [5, 5.41) is 9.58. The van der Waals surface area contributed by atoms with Crippen LogP contribution in [0.1, 0.15) is 17.5 Å². The third kappa shape index (κ3) is 5.12. The highest BCUT2D eigenvalue weighted by Crippen LogP contribution is 2.28. The van der Waals surface area contributed by atoms with Crippen LogP contribution in [0, 0.1) is 5.92 Å². The van der Waals surface area contributed by atoms with Crippen LogP contribution in [-0.4, -0.2) is 34.7 Å². The Morgan fingerprint density at radius 1 is 0.839 bits per heavy atom. The minimum Gasteiger partial charge on any atom is -0.465 e. The SMILES string of the molecule is O=C(OCc1ccccc1)[C@H]1C[C@H](Cc2ccc(-c3ccccc3)cc2)CN1C(=O)O. The standard InChI is InChI=1S/C26H25NO4/c28-25(31-18-20-7-3-1-4-8-20)24-16-21(17-27(24)26(29)30)15-19-11-13-23(14-12-19)22-9-5-2-6-10-22/h1-14,21,24H,15-18H2,(H,29,30)/t21-,24+/m0/s1. The summed E-state index contributed by atoms with van der Waals surface area (Å²) in [5.41, 5.74) is 4.32. The Hall–Kier alpha value is -3.60. The third-order valence-corrected chi connectivity index (χ3v) is 5.71. The molecule has 0 aliphatic carbocycles. The first kappa shape index (κ1) is 20.7. The number of hydrogen-bond donors (Lipinski definition) is 1. The molecule has 0 unspecified atom stereocenters. The van der Waals surface area contributed by atoms with Crippen LogP contribution in [0.3, 0.4) is 0 Å². The van der Waals surface area contributed by atoms with Crippen LogP contribution in [0.15, 0.2) is 84.9 Å². The fourth-order valence-electron chi connectivity index (χ4n) is 4.13. The Kier molecular flexibility index (Phi) is 6.32. The van der Waals surface area contributed by atoms with Crippen molar-refractivity contribution >= 4 is 12.1 Å². The average Bonchev–Trinajstić information content (AvgIpc) is 3.23. The second kappa shape index (κ2) is 9.47. The van der Waals surface area contributed by atoms with E-state index in [-0.39, 0.29) is 12.5 Å². The van der Waals surface area contributed by atoms with Gasteiger partial charge in [-0.1, -0.05) is 84.9 Å². The Labute approximate surface area is 181 Å². The van der Waals surface area contributed by atoms with Crippen LogP contribution >= 0.6 is 0 Å². The highest BCUT2D eigenvalue weighted by atomic mass is 16.5. The van der Waals surface area contributed by atoms with E-state index in [2.05, 4.69) is 36.4 Å². The van der Waals surface area contributed by atoms with Crippen molar-refractivity contribution in [1.29, 1.82) is 0 Å². The molecule has 3 aromatic carbocycles. The van der Waals surface area contributed by atoms with E-state index in [1.54, 1.807) is 0 Å². The molecule has 1 N–H and O–H groups in total. The molecule has 0 radical (unpaired) electrons. The molecule has 3 aromatic rings. The van der Waals surface area contributed by atoms with Crippen molar-refractivity contribution in [3.05, 3.63) is 96.1 Å². The molecule has 1 saturated heterocycles. The first-order chi connectivity index (χ1) is 15.1. The van der Waals surface area contributed by atoms with Gasteiger partial charge in [0.2, 0.25) is 0 Å². The van der Waals surface area contributed by atoms with Gasteiger partial charge in [0.15, 0.2) is 0 Å². The monoisotopic (exact) mass is 415 g/mol. The highest BCUT2D eigenvalue weighted by Gasteiger charge is 2.40. The zero-order valence-corrected chi connectivity index (χ0v) is 17.2. The largest absolute Gasteiger partial charge is 0.465 e. The Morgan fingerprint density at radius 3 is 2.10 bits per heavy atom. The maximum absolute atomic E-state index is 12.6. The Morgan fingerprint density at radius 2 is 1.45 bits per heavy atom. The lowest BCUT2D eigenvalue weighted by Crippen LogP contribution is -2.40. The van der Waals surface area contributed by atoms with Gasteiger partial charge in [0.05, 0.1) is 0 Å². The molecule has 31 heavy (non-hydrogen) atoms. The fraction of sp³-hybridized carbons (Fsp3) is 0.231. The topological polar surface area (TPSA) is 66.8 Å². The summed E-state index contributed by atoms with van der Waals surface area (Å²) < 4.78 is 5.41. The van der Waals surface area contributed by atoms with Gasteiger partial charge in [-0.2, -0.15) is 0 Å². The van der Waals surface area contributed by atoms with Crippen LogP contribution in [0.2, 0.25) is 0 Å². The van der Waals surface area contributed by atoms with Crippen LogP contribution in [0.4, 0.5) is 4.79 Å². The zero-order valence-electron chi connectivity index (χ0n) is 17.2. The molecule has 1 aliphatic heterocycles. The lowest BCUT2D eigenvalue weighted by atomic mass is 9.95. The summed E-state index contributed by atoms with van der Waals surface area (Å²) in [5.74, 6) is -0.402. The van der Waals surface area contributed by atoms with Crippen molar-refractivity contribution in [3.8, 4) is 11.1 Å². The molecule has 0 spiro atoms. The Balaban J connectivity index is 1.38. The predicted octanol–water partition coefficient (Wildman–Crippen LogP) is 5.01. The molecule has 158 valence electrons. The van der Waals surface area contributed by atoms with Gasteiger partial charge < -0.3 is 9.84 Å². The summed E-state index contributed by atoms with van der Waals surface area (Å²) in [4.78, 5) is 25.5. The minimum absolute atomic E-state index is 0.0768. The van der Waals surface area contributed by atoms with Gasteiger partial charge in [-0.05, 0) is 41.0 Å². The molecule has 5 nitrogen and oxygen atoms in total. The molecule has 1 aliphatic rings. The van der Waals surface area contributed by atoms with Gasteiger partial charge in [-0.3, -0.25) is 4.90 Å². The van der Waals surface area contributed by atoms with Gasteiger partial charge in [0.1, 0.15) is 12.6 Å². The quantitative estimate of drug-likeness (QED) is 0.575. The van der Waals surface area contributed by atoms with E-state index in [9.17, 15) is 14.7 Å². The van der Waals surface area contributed by atoms with E-state index >= 15 is 0 Å². The molecule has 1 heterocycles. The lowest BCUT2D eigenvalue weighted by molar-refractivity contribution is -0.149. The number of likely N-dealkylation sites (tertiary alicyclic amines) is 1. The smallest absolute Gasteiger partial charge is 0.408 e. The molecule has 2 atom stereocenters. The molecule has 4 rings (SSSR count). The average molecular weight is 415 g/mol. The molecule has 0 aromatic heterocycles. The molecule has 5 heteroatoms. The van der Waals surface area contributed by atoms with Gasteiger partial charge in [-0.15, -0.1) is 0 Å². The number of nitrogens with zero attached hydrogens (tertiary/aromatic N) is 1. The van der Waals surface area contributed by atoms with Crippen LogP contribution in [-0.2, 0) is 22.6 Å². The summed E-state index contributed by atoms with van der Waals surface area (Å²) in [6.07, 6.45) is 0.116. The highest BCUT2D eigenvalue weighted by molar-refractivity contribution is 5.81. The number of esters is 1. The lowest BCUT2D eigenvalue weighted by Gasteiger charge is -2.19. The van der Waals surface area contributed by atoms with Crippen molar-refractivity contribution in [3.63, 3.8) is 0 Å².